The summed E-state index contributed by atoms with van der Waals surface area (Å²) >= 11 is 0. The molecule has 1 heterocycles. The van der Waals surface area contributed by atoms with Gasteiger partial charge in [0.15, 0.2) is 0 Å². The standard InChI is InChI=1S/C18H19N5O3S/c1-11-4-7-14(8-5-11)27(24,25)23-17(19)22-18-20-12(2)15-10-13(26-3)6-9-16(15)21-18/h4-10H,1-3H3,(H3,19,20,21,22,23). The first kappa shape index (κ1) is 18.6. The highest BCUT2D eigenvalue weighted by Crippen LogP contribution is 2.22. The van der Waals surface area contributed by atoms with Crippen molar-refractivity contribution in [2.75, 3.05) is 12.4 Å². The number of fused-ring (bicyclic) bond motifs is 1. The average Bonchev–Trinajstić information content (AvgIpc) is 2.61. The molecule has 8 nitrogen and oxygen atoms in total. The minimum absolute atomic E-state index is 0.0561. The lowest BCUT2D eigenvalue weighted by Crippen LogP contribution is -2.25. The van der Waals surface area contributed by atoms with Gasteiger partial charge in [-0.15, -0.1) is 4.40 Å². The Morgan fingerprint density at radius 1 is 1.11 bits per heavy atom. The molecule has 140 valence electrons. The first-order valence-corrected chi connectivity index (χ1v) is 9.49. The number of ether oxygens (including phenoxy) is 1. The molecule has 3 aromatic rings. The SMILES string of the molecule is COc1ccc2nc(N/C(N)=N/S(=O)(=O)c3ccc(C)cc3)nc(C)c2c1. The van der Waals surface area contributed by atoms with E-state index in [2.05, 4.69) is 19.7 Å². The molecule has 3 N–H and O–H groups in total. The minimum atomic E-state index is -3.93. The Bertz CT molecular complexity index is 1130. The number of nitrogens with zero attached hydrogens (tertiary/aromatic N) is 3. The van der Waals surface area contributed by atoms with Crippen LogP contribution in [0.5, 0.6) is 5.75 Å². The maximum absolute atomic E-state index is 12.3. The number of methoxy groups -OCH3 is 1. The molecule has 0 spiro atoms. The van der Waals surface area contributed by atoms with E-state index >= 15 is 0 Å². The minimum Gasteiger partial charge on any atom is -0.497 e. The number of sulfonamides is 1. The Morgan fingerprint density at radius 3 is 2.48 bits per heavy atom. The van der Waals surface area contributed by atoms with Crippen molar-refractivity contribution in [1.29, 1.82) is 0 Å². The molecular weight excluding hydrogens is 366 g/mol. The maximum atomic E-state index is 12.3. The maximum Gasteiger partial charge on any atom is 0.285 e. The number of aromatic nitrogens is 2. The van der Waals surface area contributed by atoms with Crippen LogP contribution in [0, 0.1) is 13.8 Å². The smallest absolute Gasteiger partial charge is 0.285 e. The van der Waals surface area contributed by atoms with Crippen LogP contribution in [-0.2, 0) is 10.0 Å². The first-order valence-electron chi connectivity index (χ1n) is 8.05. The first-order chi connectivity index (χ1) is 12.8. The fraction of sp³-hybridized carbons (Fsp3) is 0.167. The molecule has 27 heavy (non-hydrogen) atoms. The van der Waals surface area contributed by atoms with E-state index in [0.717, 1.165) is 10.9 Å². The Balaban J connectivity index is 1.89. The third kappa shape index (κ3) is 4.14. The normalized spacial score (nSPS) is 12.2. The summed E-state index contributed by atoms with van der Waals surface area (Å²) in [5.41, 5.74) is 8.06. The van der Waals surface area contributed by atoms with Crippen molar-refractivity contribution in [2.45, 2.75) is 18.7 Å². The van der Waals surface area contributed by atoms with E-state index in [1.807, 2.05) is 19.9 Å². The van der Waals surface area contributed by atoms with Gasteiger partial charge in [0.2, 0.25) is 11.9 Å². The van der Waals surface area contributed by atoms with Crippen LogP contribution >= 0.6 is 0 Å². The van der Waals surface area contributed by atoms with Gasteiger partial charge >= 0.3 is 0 Å². The van der Waals surface area contributed by atoms with Crippen molar-refractivity contribution in [3.8, 4) is 5.75 Å². The summed E-state index contributed by atoms with van der Waals surface area (Å²) < 4.78 is 33.5. The van der Waals surface area contributed by atoms with Gasteiger partial charge in [-0.05, 0) is 44.2 Å². The number of hydrogen-bond donors (Lipinski definition) is 2. The summed E-state index contributed by atoms with van der Waals surface area (Å²) in [7, 11) is -2.35. The number of benzene rings is 2. The van der Waals surface area contributed by atoms with Gasteiger partial charge in [0.05, 0.1) is 23.2 Å². The molecule has 0 saturated carbocycles. The molecule has 9 heteroatoms. The largest absolute Gasteiger partial charge is 0.497 e. The molecule has 0 aliphatic heterocycles. The lowest BCUT2D eigenvalue weighted by atomic mass is 10.2. The summed E-state index contributed by atoms with van der Waals surface area (Å²) in [6.07, 6.45) is 0. The Morgan fingerprint density at radius 2 is 1.81 bits per heavy atom. The second kappa shape index (κ2) is 7.20. The van der Waals surface area contributed by atoms with Crippen molar-refractivity contribution in [2.24, 2.45) is 10.1 Å². The summed E-state index contributed by atoms with van der Waals surface area (Å²) in [6.45, 7) is 3.68. The summed E-state index contributed by atoms with van der Waals surface area (Å²) in [4.78, 5) is 8.69. The highest BCUT2D eigenvalue weighted by molar-refractivity contribution is 7.90. The molecule has 2 aromatic carbocycles. The number of rotatable bonds is 4. The van der Waals surface area contributed by atoms with E-state index in [0.29, 0.717) is 17.0 Å². The van der Waals surface area contributed by atoms with Crippen LogP contribution in [0.3, 0.4) is 0 Å². The fourth-order valence-corrected chi connectivity index (χ4v) is 3.36. The van der Waals surface area contributed by atoms with Gasteiger partial charge in [-0.2, -0.15) is 8.42 Å². The number of anilines is 1. The lowest BCUT2D eigenvalue weighted by Gasteiger charge is -2.09. The third-order valence-corrected chi connectivity index (χ3v) is 5.18. The van der Waals surface area contributed by atoms with Gasteiger partial charge in [-0.25, -0.2) is 9.97 Å². The molecule has 0 saturated heterocycles. The Labute approximate surface area is 157 Å². The predicted molar refractivity (Wildman–Crippen MR) is 104 cm³/mol. The van der Waals surface area contributed by atoms with Crippen LogP contribution in [0.25, 0.3) is 10.9 Å². The van der Waals surface area contributed by atoms with Crippen molar-refractivity contribution >= 4 is 32.8 Å². The molecule has 0 amide bonds. The molecule has 3 rings (SSSR count). The lowest BCUT2D eigenvalue weighted by molar-refractivity contribution is 0.415. The van der Waals surface area contributed by atoms with Gasteiger partial charge < -0.3 is 10.5 Å². The zero-order valence-corrected chi connectivity index (χ0v) is 15.9. The van der Waals surface area contributed by atoms with Gasteiger partial charge in [-0.3, -0.25) is 5.32 Å². The van der Waals surface area contributed by atoms with Crippen molar-refractivity contribution in [3.05, 3.63) is 53.7 Å². The fourth-order valence-electron chi connectivity index (χ4n) is 2.47. The number of hydrogen-bond acceptors (Lipinski definition) is 5. The summed E-state index contributed by atoms with van der Waals surface area (Å²) in [5, 5.41) is 3.46. The quantitative estimate of drug-likeness (QED) is 0.522. The van der Waals surface area contributed by atoms with E-state index < -0.39 is 10.0 Å². The molecule has 1 aromatic heterocycles. The van der Waals surface area contributed by atoms with E-state index in [-0.39, 0.29) is 16.8 Å². The topological polar surface area (TPSA) is 120 Å². The number of aryl methyl sites for hydroxylation is 2. The van der Waals surface area contributed by atoms with Crippen LogP contribution in [0.2, 0.25) is 0 Å². The molecule has 0 fully saturated rings. The van der Waals surface area contributed by atoms with Crippen LogP contribution < -0.4 is 15.8 Å². The van der Waals surface area contributed by atoms with Gasteiger partial charge in [0.1, 0.15) is 5.75 Å². The zero-order valence-electron chi connectivity index (χ0n) is 15.1. The predicted octanol–water partition coefficient (Wildman–Crippen LogP) is 2.37. The second-order valence-electron chi connectivity index (χ2n) is 5.91. The van der Waals surface area contributed by atoms with Gasteiger partial charge in [-0.1, -0.05) is 17.7 Å². The van der Waals surface area contributed by atoms with E-state index in [9.17, 15) is 8.42 Å². The Kier molecular flexibility index (Phi) is 4.95. The van der Waals surface area contributed by atoms with Crippen molar-refractivity contribution in [1.82, 2.24) is 9.97 Å². The summed E-state index contributed by atoms with van der Waals surface area (Å²) in [6, 6.07) is 11.7. The van der Waals surface area contributed by atoms with E-state index in [1.165, 1.54) is 12.1 Å². The third-order valence-electron chi connectivity index (χ3n) is 3.87. The number of nitrogens with one attached hydrogen (secondary N) is 1. The summed E-state index contributed by atoms with van der Waals surface area (Å²) in [5.74, 6) is 0.536. The zero-order chi connectivity index (χ0) is 19.6. The molecule has 0 radical (unpaired) electrons. The molecular formula is C18H19N5O3S. The average molecular weight is 385 g/mol. The van der Waals surface area contributed by atoms with Crippen LogP contribution in [0.4, 0.5) is 5.95 Å². The van der Waals surface area contributed by atoms with Crippen molar-refractivity contribution in [3.63, 3.8) is 0 Å². The number of guanidine groups is 1. The molecule has 0 aliphatic rings. The van der Waals surface area contributed by atoms with Crippen LogP contribution in [0.15, 0.2) is 51.8 Å². The molecule has 0 atom stereocenters. The molecule has 0 unspecified atom stereocenters. The highest BCUT2D eigenvalue weighted by atomic mass is 32.2. The van der Waals surface area contributed by atoms with Crippen molar-refractivity contribution < 1.29 is 13.2 Å². The monoisotopic (exact) mass is 385 g/mol. The van der Waals surface area contributed by atoms with Gasteiger partial charge in [0, 0.05) is 5.39 Å². The molecule has 0 aliphatic carbocycles. The van der Waals surface area contributed by atoms with E-state index in [4.69, 9.17) is 10.5 Å². The Hall–Kier alpha value is -3.20. The van der Waals surface area contributed by atoms with Crippen LogP contribution in [-0.4, -0.2) is 31.5 Å². The second-order valence-corrected chi connectivity index (χ2v) is 7.51. The van der Waals surface area contributed by atoms with E-state index in [1.54, 1.807) is 31.4 Å². The highest BCUT2D eigenvalue weighted by Gasteiger charge is 2.14. The van der Waals surface area contributed by atoms with Gasteiger partial charge in [0.25, 0.3) is 10.0 Å². The van der Waals surface area contributed by atoms with Crippen LogP contribution in [0.1, 0.15) is 11.3 Å². The molecule has 0 bridgehead atoms. The number of nitrogens with two attached hydrogens (primary N) is 1.